The molecule has 5 heteroatoms. The molecule has 0 unspecified atom stereocenters. The number of nitrogens with one attached hydrogen (secondary N) is 1. The summed E-state index contributed by atoms with van der Waals surface area (Å²) in [6.07, 6.45) is 1.99. The van der Waals surface area contributed by atoms with E-state index in [1.165, 1.54) is 5.56 Å². The maximum Gasteiger partial charge on any atom is 0.224 e. The van der Waals surface area contributed by atoms with E-state index in [4.69, 9.17) is 15.2 Å². The average Bonchev–Trinajstić information content (AvgIpc) is 2.56. The third-order valence-electron chi connectivity index (χ3n) is 3.59. The SMILES string of the molecule is COc1ccc(N)c(NC(=O)CCCCOc2cccc(C)c2)c1. The van der Waals surface area contributed by atoms with E-state index in [2.05, 4.69) is 5.32 Å². The summed E-state index contributed by atoms with van der Waals surface area (Å²) in [5, 5.41) is 2.82. The molecule has 0 aromatic heterocycles. The van der Waals surface area contributed by atoms with Gasteiger partial charge in [0.05, 0.1) is 25.1 Å². The minimum absolute atomic E-state index is 0.0643. The molecule has 3 N–H and O–H groups in total. The first-order valence-corrected chi connectivity index (χ1v) is 8.01. The van der Waals surface area contributed by atoms with Crippen molar-refractivity contribution < 1.29 is 14.3 Å². The van der Waals surface area contributed by atoms with Crippen LogP contribution in [0, 0.1) is 6.92 Å². The molecule has 0 fully saturated rings. The largest absolute Gasteiger partial charge is 0.497 e. The number of benzene rings is 2. The van der Waals surface area contributed by atoms with E-state index >= 15 is 0 Å². The molecule has 24 heavy (non-hydrogen) atoms. The molecule has 128 valence electrons. The molecule has 0 spiro atoms. The first kappa shape index (κ1) is 17.7. The standard InChI is InChI=1S/C19H24N2O3/c1-14-6-5-7-16(12-14)24-11-4-3-8-19(22)21-18-13-15(23-2)9-10-17(18)20/h5-7,9-10,12-13H,3-4,8,11,20H2,1-2H3,(H,21,22). The van der Waals surface area contributed by atoms with E-state index in [-0.39, 0.29) is 5.91 Å². The van der Waals surface area contributed by atoms with Gasteiger partial charge < -0.3 is 20.5 Å². The van der Waals surface area contributed by atoms with Gasteiger partial charge in [-0.15, -0.1) is 0 Å². The minimum Gasteiger partial charge on any atom is -0.497 e. The number of carbonyl (C=O) groups is 1. The number of aryl methyl sites for hydroxylation is 1. The summed E-state index contributed by atoms with van der Waals surface area (Å²) in [4.78, 5) is 12.0. The van der Waals surface area contributed by atoms with Crippen LogP contribution in [0.25, 0.3) is 0 Å². The second-order valence-electron chi connectivity index (χ2n) is 5.62. The predicted molar refractivity (Wildman–Crippen MR) is 96.6 cm³/mol. The van der Waals surface area contributed by atoms with E-state index in [1.807, 2.05) is 31.2 Å². The highest BCUT2D eigenvalue weighted by Crippen LogP contribution is 2.24. The quantitative estimate of drug-likeness (QED) is 0.571. The fourth-order valence-corrected chi connectivity index (χ4v) is 2.27. The number of nitrogens with two attached hydrogens (primary N) is 1. The van der Waals surface area contributed by atoms with Crippen molar-refractivity contribution in [3.8, 4) is 11.5 Å². The van der Waals surface area contributed by atoms with Crippen LogP contribution < -0.4 is 20.5 Å². The van der Waals surface area contributed by atoms with E-state index in [9.17, 15) is 4.79 Å². The summed E-state index contributed by atoms with van der Waals surface area (Å²) in [6.45, 7) is 2.62. The zero-order valence-electron chi connectivity index (χ0n) is 14.2. The van der Waals surface area contributed by atoms with Gasteiger partial charge in [-0.2, -0.15) is 0 Å². The van der Waals surface area contributed by atoms with Crippen molar-refractivity contribution in [3.05, 3.63) is 48.0 Å². The Morgan fingerprint density at radius 2 is 1.96 bits per heavy atom. The van der Waals surface area contributed by atoms with Crippen molar-refractivity contribution in [2.75, 3.05) is 24.8 Å². The van der Waals surface area contributed by atoms with E-state index in [0.717, 1.165) is 18.6 Å². The lowest BCUT2D eigenvalue weighted by molar-refractivity contribution is -0.116. The van der Waals surface area contributed by atoms with Crippen LogP contribution in [-0.4, -0.2) is 19.6 Å². The Kier molecular flexibility index (Phi) is 6.49. The molecule has 0 saturated carbocycles. The van der Waals surface area contributed by atoms with Gasteiger partial charge in [-0.05, 0) is 49.6 Å². The number of unbranched alkanes of at least 4 members (excludes halogenated alkanes) is 1. The second kappa shape index (κ2) is 8.82. The van der Waals surface area contributed by atoms with Gasteiger partial charge >= 0.3 is 0 Å². The summed E-state index contributed by atoms with van der Waals surface area (Å²) in [7, 11) is 1.57. The van der Waals surface area contributed by atoms with E-state index in [1.54, 1.807) is 25.3 Å². The van der Waals surface area contributed by atoms with Gasteiger partial charge in [-0.25, -0.2) is 0 Å². The third-order valence-corrected chi connectivity index (χ3v) is 3.59. The molecule has 1 amide bonds. The van der Waals surface area contributed by atoms with Crippen molar-refractivity contribution >= 4 is 17.3 Å². The number of amides is 1. The van der Waals surface area contributed by atoms with Gasteiger partial charge in [-0.1, -0.05) is 12.1 Å². The number of hydrogen-bond donors (Lipinski definition) is 2. The minimum atomic E-state index is -0.0643. The van der Waals surface area contributed by atoms with Crippen LogP contribution in [0.5, 0.6) is 11.5 Å². The molecule has 0 aliphatic carbocycles. The van der Waals surface area contributed by atoms with Crippen LogP contribution in [0.4, 0.5) is 11.4 Å². The number of carbonyl (C=O) groups excluding carboxylic acids is 1. The van der Waals surface area contributed by atoms with Crippen LogP contribution in [0.2, 0.25) is 0 Å². The summed E-state index contributed by atoms with van der Waals surface area (Å²) < 4.78 is 10.8. The predicted octanol–water partition coefficient (Wildman–Crippen LogP) is 3.77. The van der Waals surface area contributed by atoms with Crippen LogP contribution in [0.1, 0.15) is 24.8 Å². The molecule has 0 aliphatic rings. The summed E-state index contributed by atoms with van der Waals surface area (Å²) >= 11 is 0. The molecule has 0 saturated heterocycles. The molecule has 0 radical (unpaired) electrons. The van der Waals surface area contributed by atoms with Gasteiger partial charge in [0, 0.05) is 12.5 Å². The normalized spacial score (nSPS) is 10.2. The number of hydrogen-bond acceptors (Lipinski definition) is 4. The van der Waals surface area contributed by atoms with E-state index < -0.39 is 0 Å². The van der Waals surface area contributed by atoms with Crippen molar-refractivity contribution in [1.82, 2.24) is 0 Å². The lowest BCUT2D eigenvalue weighted by Gasteiger charge is -2.10. The number of anilines is 2. The molecule has 2 rings (SSSR count). The van der Waals surface area contributed by atoms with Crippen molar-refractivity contribution in [2.45, 2.75) is 26.2 Å². The smallest absolute Gasteiger partial charge is 0.224 e. The Balaban J connectivity index is 1.70. The monoisotopic (exact) mass is 328 g/mol. The Morgan fingerprint density at radius 1 is 1.12 bits per heavy atom. The topological polar surface area (TPSA) is 73.6 Å². The molecule has 0 bridgehead atoms. The highest BCUT2D eigenvalue weighted by molar-refractivity contribution is 5.94. The number of rotatable bonds is 8. The molecule has 0 aliphatic heterocycles. The fraction of sp³-hybridized carbons (Fsp3) is 0.316. The van der Waals surface area contributed by atoms with Crippen molar-refractivity contribution in [2.24, 2.45) is 0 Å². The Labute approximate surface area is 142 Å². The maximum absolute atomic E-state index is 12.0. The molecular formula is C19H24N2O3. The second-order valence-corrected chi connectivity index (χ2v) is 5.62. The molecule has 0 atom stereocenters. The first-order valence-electron chi connectivity index (χ1n) is 8.01. The lowest BCUT2D eigenvalue weighted by atomic mass is 10.2. The lowest BCUT2D eigenvalue weighted by Crippen LogP contribution is -2.13. The molecule has 5 nitrogen and oxygen atoms in total. The summed E-state index contributed by atoms with van der Waals surface area (Å²) in [5.74, 6) is 1.46. The zero-order chi connectivity index (χ0) is 17.4. The molecule has 2 aromatic rings. The number of ether oxygens (including phenoxy) is 2. The van der Waals surface area contributed by atoms with Crippen LogP contribution in [0.3, 0.4) is 0 Å². The van der Waals surface area contributed by atoms with Crippen LogP contribution in [0.15, 0.2) is 42.5 Å². The van der Waals surface area contributed by atoms with Gasteiger partial charge in [0.1, 0.15) is 11.5 Å². The van der Waals surface area contributed by atoms with Crippen molar-refractivity contribution in [3.63, 3.8) is 0 Å². The van der Waals surface area contributed by atoms with Gasteiger partial charge in [0.15, 0.2) is 0 Å². The molecule has 0 heterocycles. The van der Waals surface area contributed by atoms with Crippen molar-refractivity contribution in [1.29, 1.82) is 0 Å². The number of nitrogen functional groups attached to an aromatic ring is 1. The van der Waals surface area contributed by atoms with Crippen LogP contribution in [-0.2, 0) is 4.79 Å². The van der Waals surface area contributed by atoms with Crippen LogP contribution >= 0.6 is 0 Å². The van der Waals surface area contributed by atoms with Gasteiger partial charge in [-0.3, -0.25) is 4.79 Å². The van der Waals surface area contributed by atoms with Gasteiger partial charge in [0.25, 0.3) is 0 Å². The van der Waals surface area contributed by atoms with Gasteiger partial charge in [0.2, 0.25) is 5.91 Å². The zero-order valence-corrected chi connectivity index (χ0v) is 14.2. The average molecular weight is 328 g/mol. The highest BCUT2D eigenvalue weighted by Gasteiger charge is 2.06. The highest BCUT2D eigenvalue weighted by atomic mass is 16.5. The maximum atomic E-state index is 12.0. The Morgan fingerprint density at radius 3 is 2.71 bits per heavy atom. The number of methoxy groups -OCH3 is 1. The molecule has 2 aromatic carbocycles. The summed E-state index contributed by atoms with van der Waals surface area (Å²) in [6, 6.07) is 13.1. The fourth-order valence-electron chi connectivity index (χ4n) is 2.27. The first-order chi connectivity index (χ1) is 11.6. The third kappa shape index (κ3) is 5.50. The van der Waals surface area contributed by atoms with E-state index in [0.29, 0.717) is 30.2 Å². The summed E-state index contributed by atoms with van der Waals surface area (Å²) in [5.41, 5.74) is 8.12. The molecular weight excluding hydrogens is 304 g/mol. The Hall–Kier alpha value is -2.69. The Bertz CT molecular complexity index is 686.